The Bertz CT molecular complexity index is 1270. The largest absolute Gasteiger partial charge is 0.493 e. The first-order valence-corrected chi connectivity index (χ1v) is 12.7. The third-order valence-corrected chi connectivity index (χ3v) is 6.66. The van der Waals surface area contributed by atoms with Gasteiger partial charge in [0.25, 0.3) is 5.91 Å². The van der Waals surface area contributed by atoms with E-state index in [0.717, 1.165) is 29.2 Å². The van der Waals surface area contributed by atoms with Gasteiger partial charge in [0.15, 0.2) is 11.5 Å². The Balaban J connectivity index is 1.41. The van der Waals surface area contributed by atoms with E-state index in [1.165, 1.54) is 5.56 Å². The van der Waals surface area contributed by atoms with Gasteiger partial charge < -0.3 is 24.4 Å². The number of amides is 2. The second-order valence-electron chi connectivity index (χ2n) is 10.4. The Morgan fingerprint density at radius 3 is 2.30 bits per heavy atom. The number of likely N-dealkylation sites (tertiary alicyclic amines) is 1. The highest BCUT2D eigenvalue weighted by molar-refractivity contribution is 6.07. The SMILES string of the molecule is COc1cc2cccc(C(=O)N3CCC(c4cccc(CNC(=O)OC(C)(C)C)c4)CC3)c2cc1OC. The molecular weight excluding hydrogens is 468 g/mol. The van der Waals surface area contributed by atoms with Crippen molar-refractivity contribution in [1.29, 1.82) is 0 Å². The molecule has 0 aromatic heterocycles. The second kappa shape index (κ2) is 11.1. The van der Waals surface area contributed by atoms with Crippen molar-refractivity contribution in [1.82, 2.24) is 10.2 Å². The number of benzene rings is 3. The molecule has 37 heavy (non-hydrogen) atoms. The smallest absolute Gasteiger partial charge is 0.407 e. The minimum atomic E-state index is -0.525. The van der Waals surface area contributed by atoms with Crippen molar-refractivity contribution in [2.75, 3.05) is 27.3 Å². The molecule has 0 unspecified atom stereocenters. The number of ether oxygens (including phenoxy) is 3. The van der Waals surface area contributed by atoms with E-state index in [2.05, 4.69) is 17.4 Å². The first-order chi connectivity index (χ1) is 17.7. The molecule has 1 fully saturated rings. The van der Waals surface area contributed by atoms with Gasteiger partial charge in [-0.25, -0.2) is 4.79 Å². The predicted molar refractivity (Wildman–Crippen MR) is 144 cm³/mol. The van der Waals surface area contributed by atoms with E-state index in [4.69, 9.17) is 14.2 Å². The van der Waals surface area contributed by atoms with Crippen LogP contribution in [0.15, 0.2) is 54.6 Å². The van der Waals surface area contributed by atoms with Crippen molar-refractivity contribution in [3.05, 3.63) is 71.3 Å². The van der Waals surface area contributed by atoms with Crippen LogP contribution in [0.2, 0.25) is 0 Å². The molecule has 7 heteroatoms. The highest BCUT2D eigenvalue weighted by atomic mass is 16.6. The second-order valence-corrected chi connectivity index (χ2v) is 10.4. The Morgan fingerprint density at radius 1 is 0.946 bits per heavy atom. The molecule has 1 heterocycles. The summed E-state index contributed by atoms with van der Waals surface area (Å²) >= 11 is 0. The van der Waals surface area contributed by atoms with Gasteiger partial charge in [-0.2, -0.15) is 0 Å². The van der Waals surface area contributed by atoms with E-state index in [1.54, 1.807) is 14.2 Å². The predicted octanol–water partition coefficient (Wildman–Crippen LogP) is 5.90. The number of alkyl carbamates (subject to hydrolysis) is 1. The zero-order valence-electron chi connectivity index (χ0n) is 22.3. The molecule has 0 aliphatic carbocycles. The Kier molecular flexibility index (Phi) is 7.91. The van der Waals surface area contributed by atoms with E-state index in [1.807, 2.05) is 68.1 Å². The number of hydrogen-bond acceptors (Lipinski definition) is 5. The number of nitrogens with zero attached hydrogens (tertiary/aromatic N) is 1. The molecule has 0 bridgehead atoms. The topological polar surface area (TPSA) is 77.1 Å². The highest BCUT2D eigenvalue weighted by Gasteiger charge is 2.26. The normalized spacial score (nSPS) is 14.4. The van der Waals surface area contributed by atoms with E-state index < -0.39 is 11.7 Å². The standard InChI is InChI=1S/C30H36N2O5/c1-30(2,3)37-29(34)31-19-20-8-6-9-22(16-20)21-12-14-32(15-13-21)28(33)24-11-7-10-23-17-26(35-4)27(36-5)18-25(23)24/h6-11,16-18,21H,12-15,19H2,1-5H3,(H,31,34). The number of carbonyl (C=O) groups is 2. The molecule has 1 aliphatic rings. The molecule has 1 N–H and O–H groups in total. The molecular formula is C30H36N2O5. The van der Waals surface area contributed by atoms with Crippen molar-refractivity contribution in [3.63, 3.8) is 0 Å². The highest BCUT2D eigenvalue weighted by Crippen LogP contribution is 2.35. The van der Waals surface area contributed by atoms with Gasteiger partial charge in [0, 0.05) is 25.2 Å². The number of fused-ring (bicyclic) bond motifs is 1. The van der Waals surface area contributed by atoms with Crippen LogP contribution >= 0.6 is 0 Å². The number of methoxy groups -OCH3 is 2. The summed E-state index contributed by atoms with van der Waals surface area (Å²) in [5.74, 6) is 1.65. The molecule has 0 spiro atoms. The maximum absolute atomic E-state index is 13.5. The fourth-order valence-electron chi connectivity index (χ4n) is 4.82. The number of hydrogen-bond donors (Lipinski definition) is 1. The van der Waals surface area contributed by atoms with Crippen LogP contribution in [0.25, 0.3) is 10.8 Å². The summed E-state index contributed by atoms with van der Waals surface area (Å²) in [5.41, 5.74) is 2.41. The summed E-state index contributed by atoms with van der Waals surface area (Å²) in [6, 6.07) is 17.8. The maximum atomic E-state index is 13.5. The Morgan fingerprint density at radius 2 is 1.62 bits per heavy atom. The van der Waals surface area contributed by atoms with Gasteiger partial charge in [-0.1, -0.05) is 36.4 Å². The number of rotatable bonds is 6. The summed E-state index contributed by atoms with van der Waals surface area (Å²) in [5, 5.41) is 4.62. The Hall–Kier alpha value is -3.74. The van der Waals surface area contributed by atoms with Gasteiger partial charge in [-0.15, -0.1) is 0 Å². The van der Waals surface area contributed by atoms with Gasteiger partial charge in [-0.05, 0) is 79.6 Å². The van der Waals surface area contributed by atoms with Crippen LogP contribution < -0.4 is 14.8 Å². The maximum Gasteiger partial charge on any atom is 0.407 e. The van der Waals surface area contributed by atoms with Crippen LogP contribution in [0.5, 0.6) is 11.5 Å². The third-order valence-electron chi connectivity index (χ3n) is 6.66. The Labute approximate surface area is 218 Å². The van der Waals surface area contributed by atoms with Gasteiger partial charge in [0.05, 0.1) is 14.2 Å². The van der Waals surface area contributed by atoms with Crippen LogP contribution in [0.3, 0.4) is 0 Å². The summed E-state index contributed by atoms with van der Waals surface area (Å²) in [7, 11) is 3.21. The van der Waals surface area contributed by atoms with Crippen molar-refractivity contribution >= 4 is 22.8 Å². The van der Waals surface area contributed by atoms with Crippen LogP contribution in [-0.2, 0) is 11.3 Å². The molecule has 2 amide bonds. The molecule has 0 atom stereocenters. The lowest BCUT2D eigenvalue weighted by Crippen LogP contribution is -2.38. The molecule has 3 aromatic carbocycles. The number of carbonyl (C=O) groups excluding carboxylic acids is 2. The van der Waals surface area contributed by atoms with Crippen LogP contribution in [0.1, 0.15) is 61.0 Å². The molecule has 4 rings (SSSR count). The molecule has 0 saturated carbocycles. The van der Waals surface area contributed by atoms with Crippen LogP contribution in [0.4, 0.5) is 4.79 Å². The molecule has 196 valence electrons. The minimum Gasteiger partial charge on any atom is -0.493 e. The van der Waals surface area contributed by atoms with Gasteiger partial charge in [0.2, 0.25) is 0 Å². The van der Waals surface area contributed by atoms with Crippen LogP contribution in [0, 0.1) is 0 Å². The van der Waals surface area contributed by atoms with E-state index >= 15 is 0 Å². The molecule has 3 aromatic rings. The summed E-state index contributed by atoms with van der Waals surface area (Å²) in [4.78, 5) is 27.5. The van der Waals surface area contributed by atoms with Crippen molar-refractivity contribution in [3.8, 4) is 11.5 Å². The zero-order chi connectivity index (χ0) is 26.6. The first-order valence-electron chi connectivity index (χ1n) is 12.7. The van der Waals surface area contributed by atoms with Gasteiger partial charge in [0.1, 0.15) is 5.60 Å². The summed E-state index contributed by atoms with van der Waals surface area (Å²) < 4.78 is 16.2. The van der Waals surface area contributed by atoms with Crippen molar-refractivity contribution in [2.24, 2.45) is 0 Å². The molecule has 1 aliphatic heterocycles. The zero-order valence-corrected chi connectivity index (χ0v) is 22.3. The molecule has 0 radical (unpaired) electrons. The monoisotopic (exact) mass is 504 g/mol. The minimum absolute atomic E-state index is 0.0339. The van der Waals surface area contributed by atoms with E-state index in [0.29, 0.717) is 42.6 Å². The van der Waals surface area contributed by atoms with Crippen LogP contribution in [-0.4, -0.2) is 49.8 Å². The summed E-state index contributed by atoms with van der Waals surface area (Å²) in [6.45, 7) is 7.33. The molecule has 1 saturated heterocycles. The quantitative estimate of drug-likeness (QED) is 0.452. The fraction of sp³-hybridized carbons (Fsp3) is 0.400. The summed E-state index contributed by atoms with van der Waals surface area (Å²) in [6.07, 6.45) is 1.35. The first kappa shape index (κ1) is 26.3. The lowest BCUT2D eigenvalue weighted by molar-refractivity contribution is 0.0523. The number of nitrogens with one attached hydrogen (secondary N) is 1. The molecule has 7 nitrogen and oxygen atoms in total. The lowest BCUT2D eigenvalue weighted by Gasteiger charge is -2.32. The third kappa shape index (κ3) is 6.34. The van der Waals surface area contributed by atoms with E-state index in [-0.39, 0.29) is 5.91 Å². The number of piperidine rings is 1. The van der Waals surface area contributed by atoms with E-state index in [9.17, 15) is 9.59 Å². The van der Waals surface area contributed by atoms with Crippen molar-refractivity contribution in [2.45, 2.75) is 51.7 Å². The average Bonchev–Trinajstić information content (AvgIpc) is 2.89. The van der Waals surface area contributed by atoms with Crippen molar-refractivity contribution < 1.29 is 23.8 Å². The fourth-order valence-corrected chi connectivity index (χ4v) is 4.82. The average molecular weight is 505 g/mol. The van der Waals surface area contributed by atoms with Gasteiger partial charge >= 0.3 is 6.09 Å². The van der Waals surface area contributed by atoms with Gasteiger partial charge in [-0.3, -0.25) is 4.79 Å². The lowest BCUT2D eigenvalue weighted by atomic mass is 9.88.